The first-order valence-electron chi connectivity index (χ1n) is 5.84. The lowest BCUT2D eigenvalue weighted by molar-refractivity contribution is 0.00842. The molecule has 0 saturated carbocycles. The van der Waals surface area contributed by atoms with Gasteiger partial charge in [-0.3, -0.25) is 9.59 Å². The molecular formula is C14H14N2O5. The van der Waals surface area contributed by atoms with Gasteiger partial charge < -0.3 is 24.4 Å². The van der Waals surface area contributed by atoms with Crippen molar-refractivity contribution in [2.75, 3.05) is 13.2 Å². The van der Waals surface area contributed by atoms with Gasteiger partial charge in [0.25, 0.3) is 11.3 Å². The molecule has 1 fully saturated rings. The molecule has 0 aliphatic carbocycles. The fraction of sp³-hybridized carbons (Fsp3) is 0.286. The Morgan fingerprint density at radius 2 is 1.81 bits per heavy atom. The summed E-state index contributed by atoms with van der Waals surface area (Å²) in [6.45, 7) is 1.17. The summed E-state index contributed by atoms with van der Waals surface area (Å²) in [6, 6.07) is 0. The third-order valence-corrected chi connectivity index (χ3v) is 3.04. The highest BCUT2D eigenvalue weighted by Gasteiger charge is 2.38. The van der Waals surface area contributed by atoms with E-state index in [0.29, 0.717) is 19.7 Å². The minimum absolute atomic E-state index is 0.0884. The Bertz CT molecular complexity index is 638. The van der Waals surface area contributed by atoms with Gasteiger partial charge in [0.05, 0.1) is 19.3 Å². The number of hydrogen-bond acceptors (Lipinski definition) is 5. The number of aromatic hydroxyl groups is 2. The molecule has 1 saturated heterocycles. The standard InChI is InChI=1S/C10H10N2O5.2C2H2/c13-5-3-11-4-6-12(1-2-17-6)10(16)7(11)9(15)8(5)14;2*1-2/h3,6,13,15H,1-2,4H2;2*1-2H. The van der Waals surface area contributed by atoms with Crippen LogP contribution in [0.25, 0.3) is 0 Å². The van der Waals surface area contributed by atoms with Crippen LogP contribution in [-0.2, 0) is 11.3 Å². The molecule has 7 nitrogen and oxygen atoms in total. The summed E-state index contributed by atoms with van der Waals surface area (Å²) in [5.74, 6) is -1.74. The highest BCUT2D eigenvalue weighted by Crippen LogP contribution is 2.27. The maximum absolute atomic E-state index is 12.0. The second-order valence-electron chi connectivity index (χ2n) is 4.02. The van der Waals surface area contributed by atoms with Crippen LogP contribution in [0.5, 0.6) is 11.5 Å². The van der Waals surface area contributed by atoms with Crippen LogP contribution in [0.15, 0.2) is 11.0 Å². The molecule has 7 heteroatoms. The smallest absolute Gasteiger partial charge is 0.276 e. The molecule has 2 N–H and O–H groups in total. The van der Waals surface area contributed by atoms with Crippen molar-refractivity contribution in [3.05, 3.63) is 22.1 Å². The lowest BCUT2D eigenvalue weighted by atomic mass is 10.2. The van der Waals surface area contributed by atoms with Crippen molar-refractivity contribution in [3.63, 3.8) is 0 Å². The van der Waals surface area contributed by atoms with E-state index < -0.39 is 29.1 Å². The summed E-state index contributed by atoms with van der Waals surface area (Å²) in [7, 11) is 0. The third kappa shape index (κ3) is 2.55. The zero-order valence-corrected chi connectivity index (χ0v) is 11.1. The summed E-state index contributed by atoms with van der Waals surface area (Å²) in [5, 5.41) is 19.0. The van der Waals surface area contributed by atoms with Gasteiger partial charge in [0.1, 0.15) is 0 Å². The van der Waals surface area contributed by atoms with Gasteiger partial charge in [0.2, 0.25) is 0 Å². The van der Waals surface area contributed by atoms with Crippen LogP contribution in [0, 0.1) is 25.7 Å². The molecule has 1 amide bonds. The lowest BCUT2D eigenvalue weighted by Gasteiger charge is -2.31. The molecule has 21 heavy (non-hydrogen) atoms. The summed E-state index contributed by atoms with van der Waals surface area (Å²) in [6.07, 6.45) is 16.8. The second kappa shape index (κ2) is 6.51. The van der Waals surface area contributed by atoms with E-state index in [2.05, 4.69) is 25.7 Å². The van der Waals surface area contributed by atoms with Gasteiger partial charge in [-0.15, -0.1) is 25.7 Å². The van der Waals surface area contributed by atoms with E-state index in [1.54, 1.807) is 0 Å². The maximum Gasteiger partial charge on any atom is 0.276 e. The summed E-state index contributed by atoms with van der Waals surface area (Å²) >= 11 is 0. The molecule has 0 radical (unpaired) electrons. The van der Waals surface area contributed by atoms with E-state index in [1.807, 2.05) is 0 Å². The molecule has 1 aromatic rings. The van der Waals surface area contributed by atoms with E-state index in [1.165, 1.54) is 9.47 Å². The molecule has 0 bridgehead atoms. The summed E-state index contributed by atoms with van der Waals surface area (Å²) < 4.78 is 6.69. The monoisotopic (exact) mass is 290 g/mol. The van der Waals surface area contributed by atoms with Gasteiger partial charge in [-0.25, -0.2) is 0 Å². The predicted molar refractivity (Wildman–Crippen MR) is 74.6 cm³/mol. The topological polar surface area (TPSA) is 92.0 Å². The van der Waals surface area contributed by atoms with Crippen LogP contribution in [0.3, 0.4) is 0 Å². The molecule has 1 unspecified atom stereocenters. The highest BCUT2D eigenvalue weighted by atomic mass is 16.5. The number of carbonyl (C=O) groups excluding carboxylic acids is 1. The number of amides is 1. The molecule has 2 aliphatic rings. The van der Waals surface area contributed by atoms with Gasteiger partial charge >= 0.3 is 0 Å². The molecule has 0 spiro atoms. The van der Waals surface area contributed by atoms with Crippen molar-refractivity contribution < 1.29 is 19.7 Å². The van der Waals surface area contributed by atoms with Crippen molar-refractivity contribution in [1.29, 1.82) is 0 Å². The van der Waals surface area contributed by atoms with Gasteiger partial charge in [-0.05, 0) is 0 Å². The average molecular weight is 290 g/mol. The van der Waals surface area contributed by atoms with Crippen molar-refractivity contribution in [2.45, 2.75) is 12.8 Å². The van der Waals surface area contributed by atoms with Gasteiger partial charge in [-0.2, -0.15) is 0 Å². The largest absolute Gasteiger partial charge is 0.503 e. The number of aromatic nitrogens is 1. The molecule has 2 aliphatic heterocycles. The number of terminal acetylenes is 2. The van der Waals surface area contributed by atoms with Gasteiger partial charge in [0.15, 0.2) is 23.4 Å². The van der Waals surface area contributed by atoms with E-state index in [4.69, 9.17) is 4.74 Å². The Morgan fingerprint density at radius 1 is 1.19 bits per heavy atom. The summed E-state index contributed by atoms with van der Waals surface area (Å²) in [4.78, 5) is 24.9. The normalized spacial score (nSPS) is 18.4. The Kier molecular flexibility index (Phi) is 5.01. The van der Waals surface area contributed by atoms with Crippen molar-refractivity contribution in [3.8, 4) is 37.2 Å². The number of hydrogen-bond donors (Lipinski definition) is 2. The molecule has 1 atom stereocenters. The molecule has 110 valence electrons. The number of nitrogens with zero attached hydrogens (tertiary/aromatic N) is 2. The Balaban J connectivity index is 0.000000510. The predicted octanol–water partition coefficient (Wildman–Crippen LogP) is -0.430. The lowest BCUT2D eigenvalue weighted by Crippen LogP contribution is -2.45. The van der Waals surface area contributed by atoms with Gasteiger partial charge in [0, 0.05) is 6.54 Å². The van der Waals surface area contributed by atoms with Crippen molar-refractivity contribution in [2.24, 2.45) is 0 Å². The quantitative estimate of drug-likeness (QED) is 0.633. The van der Waals surface area contributed by atoms with Crippen LogP contribution in [0.1, 0.15) is 10.5 Å². The first-order chi connectivity index (χ1) is 10.1. The van der Waals surface area contributed by atoms with Crippen LogP contribution < -0.4 is 5.43 Å². The number of pyridine rings is 1. The fourth-order valence-corrected chi connectivity index (χ4v) is 2.21. The second-order valence-corrected chi connectivity index (χ2v) is 4.02. The van der Waals surface area contributed by atoms with E-state index in [9.17, 15) is 19.8 Å². The van der Waals surface area contributed by atoms with Crippen LogP contribution in [-0.4, -0.2) is 45.0 Å². The SMILES string of the molecule is C#C.C#C.O=C1c2c(O)c(=O)c(O)cn2CC2OCCN12. The Labute approximate surface area is 121 Å². The number of fused-ring (bicyclic) bond motifs is 2. The van der Waals surface area contributed by atoms with Gasteiger partial charge in [-0.1, -0.05) is 0 Å². The van der Waals surface area contributed by atoms with Crippen LogP contribution in [0.4, 0.5) is 0 Å². The minimum atomic E-state index is -0.928. The van der Waals surface area contributed by atoms with E-state index in [-0.39, 0.29) is 5.69 Å². The Morgan fingerprint density at radius 3 is 2.43 bits per heavy atom. The maximum atomic E-state index is 12.0. The summed E-state index contributed by atoms with van der Waals surface area (Å²) in [5.41, 5.74) is -1.02. The zero-order chi connectivity index (χ0) is 16.2. The zero-order valence-electron chi connectivity index (χ0n) is 11.1. The van der Waals surface area contributed by atoms with Crippen LogP contribution in [0.2, 0.25) is 0 Å². The first kappa shape index (κ1) is 16.2. The third-order valence-electron chi connectivity index (χ3n) is 3.04. The number of rotatable bonds is 0. The molecule has 0 aromatic carbocycles. The molecule has 1 aromatic heterocycles. The van der Waals surface area contributed by atoms with E-state index in [0.717, 1.165) is 6.20 Å². The van der Waals surface area contributed by atoms with Crippen LogP contribution >= 0.6 is 0 Å². The number of ether oxygens (including phenoxy) is 1. The average Bonchev–Trinajstić information content (AvgIpc) is 2.98. The van der Waals surface area contributed by atoms with Crippen molar-refractivity contribution in [1.82, 2.24) is 9.47 Å². The minimum Gasteiger partial charge on any atom is -0.503 e. The fourth-order valence-electron chi connectivity index (χ4n) is 2.21. The first-order valence-corrected chi connectivity index (χ1v) is 5.84. The molecule has 3 heterocycles. The Hall–Kier alpha value is -2.90. The van der Waals surface area contributed by atoms with Crippen molar-refractivity contribution >= 4 is 5.91 Å². The highest BCUT2D eigenvalue weighted by molar-refractivity contribution is 5.96. The molecule has 3 rings (SSSR count). The number of carbonyl (C=O) groups is 1. The van der Waals surface area contributed by atoms with E-state index >= 15 is 0 Å². The molecular weight excluding hydrogens is 276 g/mol.